The van der Waals surface area contributed by atoms with Gasteiger partial charge < -0.3 is 5.11 Å². The van der Waals surface area contributed by atoms with Gasteiger partial charge in [0.2, 0.25) is 5.78 Å². The first-order valence-electron chi connectivity index (χ1n) is 7.69. The molecule has 8 heteroatoms. The highest BCUT2D eigenvalue weighted by Gasteiger charge is 2.26. The molecule has 0 aliphatic heterocycles. The summed E-state index contributed by atoms with van der Waals surface area (Å²) >= 11 is 5.77. The second-order valence-corrected chi connectivity index (χ2v) is 6.16. The van der Waals surface area contributed by atoms with E-state index in [1.165, 1.54) is 41.2 Å². The van der Waals surface area contributed by atoms with Crippen LogP contribution in [0.1, 0.15) is 42.3 Å². The van der Waals surface area contributed by atoms with Crippen LogP contribution < -0.4 is 0 Å². The Hall–Kier alpha value is -3.32. The van der Waals surface area contributed by atoms with Crippen molar-refractivity contribution in [1.82, 2.24) is 9.78 Å². The largest absolute Gasteiger partial charge is 0.478 e. The van der Waals surface area contributed by atoms with Crippen molar-refractivity contribution in [1.29, 1.82) is 0 Å². The van der Waals surface area contributed by atoms with Gasteiger partial charge in [0.15, 0.2) is 5.78 Å². The molecule has 0 aliphatic rings. The van der Waals surface area contributed by atoms with Crippen molar-refractivity contribution in [2.75, 3.05) is 0 Å². The molecule has 0 radical (unpaired) electrons. The number of carboxylic acids is 1. The molecule has 2 aromatic carbocycles. The number of ketones is 2. The normalized spacial score (nSPS) is 10.6. The molecule has 0 saturated carbocycles. The van der Waals surface area contributed by atoms with E-state index in [-0.39, 0.29) is 16.8 Å². The van der Waals surface area contributed by atoms with Crippen LogP contribution in [0.25, 0.3) is 0 Å². The minimum absolute atomic E-state index is 0.0324. The molecule has 27 heavy (non-hydrogen) atoms. The average Bonchev–Trinajstić information content (AvgIpc) is 3.06. The lowest BCUT2D eigenvalue weighted by Crippen LogP contribution is -2.15. The molecular weight excluding hydrogens is 375 g/mol. The van der Waals surface area contributed by atoms with Crippen LogP contribution in [0.5, 0.6) is 0 Å². The van der Waals surface area contributed by atoms with E-state index >= 15 is 0 Å². The van der Waals surface area contributed by atoms with Gasteiger partial charge in [-0.2, -0.15) is 5.10 Å². The zero-order valence-electron chi connectivity index (χ0n) is 13.9. The Bertz CT molecular complexity index is 1070. The number of carbonyl (C=O) groups excluding carboxylic acids is 2. The molecule has 6 nitrogen and oxygen atoms in total. The van der Waals surface area contributed by atoms with E-state index in [0.29, 0.717) is 5.02 Å². The van der Waals surface area contributed by atoms with Gasteiger partial charge in [-0.15, -0.1) is 0 Å². The third-order valence-corrected chi connectivity index (χ3v) is 4.11. The maximum absolute atomic E-state index is 14.7. The summed E-state index contributed by atoms with van der Waals surface area (Å²) in [6.07, 6.45) is 1.53. The van der Waals surface area contributed by atoms with E-state index in [9.17, 15) is 23.9 Å². The predicted octanol–water partition coefficient (Wildman–Crippen LogP) is 3.37. The van der Waals surface area contributed by atoms with Crippen LogP contribution in [0, 0.1) is 5.82 Å². The van der Waals surface area contributed by atoms with E-state index in [0.717, 1.165) is 12.1 Å². The number of carboxylic acid groups (broad SMARTS) is 1. The van der Waals surface area contributed by atoms with Crippen LogP contribution in [0.2, 0.25) is 5.02 Å². The third kappa shape index (κ3) is 3.63. The number of benzene rings is 2. The second-order valence-electron chi connectivity index (χ2n) is 5.73. The molecule has 0 fully saturated rings. The fourth-order valence-corrected chi connectivity index (χ4v) is 2.69. The van der Waals surface area contributed by atoms with Crippen LogP contribution in [0.4, 0.5) is 4.39 Å². The van der Waals surface area contributed by atoms with E-state index in [1.807, 2.05) is 0 Å². The molecule has 0 spiro atoms. The van der Waals surface area contributed by atoms with Crippen molar-refractivity contribution >= 4 is 29.1 Å². The predicted molar refractivity (Wildman–Crippen MR) is 94.9 cm³/mol. The molecule has 0 amide bonds. The van der Waals surface area contributed by atoms with E-state index in [2.05, 4.69) is 5.10 Å². The van der Waals surface area contributed by atoms with Crippen molar-refractivity contribution in [2.45, 2.75) is 0 Å². The fourth-order valence-electron chi connectivity index (χ4n) is 2.57. The Balaban J connectivity index is 2.10. The third-order valence-electron chi connectivity index (χ3n) is 3.86. The van der Waals surface area contributed by atoms with Gasteiger partial charge in [-0.05, 0) is 42.5 Å². The summed E-state index contributed by atoms with van der Waals surface area (Å²) in [4.78, 5) is 36.7. The molecule has 0 atom stereocenters. The molecule has 0 bridgehead atoms. The van der Waals surface area contributed by atoms with Crippen LogP contribution >= 0.6 is 11.6 Å². The Morgan fingerprint density at radius 2 is 1.70 bits per heavy atom. The number of rotatable bonds is 5. The topological polar surface area (TPSA) is 89.3 Å². The number of carbonyl (C=O) groups is 3. The molecule has 0 unspecified atom stereocenters. The Morgan fingerprint density at radius 1 is 1.04 bits per heavy atom. The van der Waals surface area contributed by atoms with Gasteiger partial charge in [-0.25, -0.2) is 9.18 Å². The molecule has 136 valence electrons. The fraction of sp³-hybridized carbons (Fsp3) is 0.0526. The number of nitrogens with zero attached hydrogens (tertiary/aromatic N) is 2. The highest BCUT2D eigenvalue weighted by molar-refractivity contribution is 6.30. The summed E-state index contributed by atoms with van der Waals surface area (Å²) in [5.41, 5.74) is -1.33. The minimum atomic E-state index is -1.53. The highest BCUT2D eigenvalue weighted by atomic mass is 35.5. The molecule has 1 heterocycles. The Labute approximate surface area is 157 Å². The summed E-state index contributed by atoms with van der Waals surface area (Å²) in [7, 11) is 1.61. The SMILES string of the molecule is Cn1ccc(C(=O)c2cc(F)c(C(=O)c3ccc(Cl)cc3)c(C(=O)O)c2)n1. The summed E-state index contributed by atoms with van der Waals surface area (Å²) in [6, 6.07) is 8.84. The van der Waals surface area contributed by atoms with Crippen molar-refractivity contribution in [2.24, 2.45) is 7.05 Å². The maximum atomic E-state index is 14.7. The summed E-state index contributed by atoms with van der Waals surface area (Å²) in [6.45, 7) is 0. The minimum Gasteiger partial charge on any atom is -0.478 e. The molecule has 1 N–H and O–H groups in total. The second kappa shape index (κ2) is 7.13. The number of hydrogen-bond donors (Lipinski definition) is 1. The van der Waals surface area contributed by atoms with E-state index in [4.69, 9.17) is 11.6 Å². The smallest absolute Gasteiger partial charge is 0.336 e. The molecular formula is C19H12ClFN2O4. The van der Waals surface area contributed by atoms with Gasteiger partial charge in [-0.1, -0.05) is 11.6 Å². The summed E-state index contributed by atoms with van der Waals surface area (Å²) in [5, 5.41) is 13.7. The Kier molecular flexibility index (Phi) is 4.87. The van der Waals surface area contributed by atoms with Crippen molar-refractivity contribution in [3.8, 4) is 0 Å². The molecule has 1 aromatic heterocycles. The molecule has 3 aromatic rings. The lowest BCUT2D eigenvalue weighted by Gasteiger charge is -2.09. The van der Waals surface area contributed by atoms with Gasteiger partial charge in [0.05, 0.1) is 11.1 Å². The van der Waals surface area contributed by atoms with Crippen molar-refractivity contribution < 1.29 is 23.9 Å². The van der Waals surface area contributed by atoms with Crippen molar-refractivity contribution in [3.05, 3.63) is 87.4 Å². The van der Waals surface area contributed by atoms with Crippen LogP contribution in [0.15, 0.2) is 48.7 Å². The quantitative estimate of drug-likeness (QED) is 0.679. The number of hydrogen-bond acceptors (Lipinski definition) is 4. The number of halogens is 2. The first kappa shape index (κ1) is 18.5. The van der Waals surface area contributed by atoms with Crippen LogP contribution in [-0.2, 0) is 7.05 Å². The van der Waals surface area contributed by atoms with Gasteiger partial charge in [0.25, 0.3) is 0 Å². The summed E-state index contributed by atoms with van der Waals surface area (Å²) < 4.78 is 16.1. The monoisotopic (exact) mass is 386 g/mol. The average molecular weight is 387 g/mol. The molecule has 0 aliphatic carbocycles. The lowest BCUT2D eigenvalue weighted by atomic mass is 9.94. The highest BCUT2D eigenvalue weighted by Crippen LogP contribution is 2.23. The summed E-state index contributed by atoms with van der Waals surface area (Å²) in [5.74, 6) is -4.10. The number of aromatic carboxylic acids is 1. The first-order valence-corrected chi connectivity index (χ1v) is 8.07. The van der Waals surface area contributed by atoms with Crippen molar-refractivity contribution in [3.63, 3.8) is 0 Å². The zero-order chi connectivity index (χ0) is 19.7. The molecule has 0 saturated heterocycles. The maximum Gasteiger partial charge on any atom is 0.336 e. The Morgan fingerprint density at radius 3 is 2.26 bits per heavy atom. The van der Waals surface area contributed by atoms with Gasteiger partial charge in [0.1, 0.15) is 11.5 Å². The van der Waals surface area contributed by atoms with E-state index < -0.39 is 34.5 Å². The van der Waals surface area contributed by atoms with Crippen LogP contribution in [0.3, 0.4) is 0 Å². The lowest BCUT2D eigenvalue weighted by molar-refractivity contribution is 0.0692. The van der Waals surface area contributed by atoms with E-state index in [1.54, 1.807) is 7.05 Å². The molecule has 3 rings (SSSR count). The van der Waals surface area contributed by atoms with Crippen LogP contribution in [-0.4, -0.2) is 32.4 Å². The number of aryl methyl sites for hydroxylation is 1. The zero-order valence-corrected chi connectivity index (χ0v) is 14.7. The standard InChI is InChI=1S/C19H12ClFN2O4/c1-23-7-6-15(22-23)17(24)11-8-13(19(26)27)16(14(21)9-11)18(25)10-2-4-12(20)5-3-10/h2-9H,1H3,(H,26,27). The van der Waals surface area contributed by atoms with Gasteiger partial charge in [0, 0.05) is 29.4 Å². The first-order chi connectivity index (χ1) is 12.8. The number of aromatic nitrogens is 2. The van der Waals surface area contributed by atoms with Gasteiger partial charge in [-0.3, -0.25) is 14.3 Å². The van der Waals surface area contributed by atoms with Gasteiger partial charge >= 0.3 is 5.97 Å².